The second-order valence-corrected chi connectivity index (χ2v) is 7.24. The molecular formula is C18H18N4O2S. The summed E-state index contributed by atoms with van der Waals surface area (Å²) in [5.74, 6) is -0.218. The minimum atomic E-state index is -0.116. The Morgan fingerprint density at radius 1 is 1.24 bits per heavy atom. The van der Waals surface area contributed by atoms with Crippen LogP contribution in [-0.2, 0) is 29.0 Å². The van der Waals surface area contributed by atoms with Gasteiger partial charge in [0.2, 0.25) is 11.8 Å². The van der Waals surface area contributed by atoms with E-state index in [9.17, 15) is 9.59 Å². The summed E-state index contributed by atoms with van der Waals surface area (Å²) in [6, 6.07) is 7.57. The fourth-order valence-electron chi connectivity index (χ4n) is 3.22. The molecular weight excluding hydrogens is 336 g/mol. The third-order valence-corrected chi connectivity index (χ3v) is 5.35. The number of nitrogens with one attached hydrogen (secondary N) is 2. The van der Waals surface area contributed by atoms with Gasteiger partial charge in [-0.1, -0.05) is 6.07 Å². The summed E-state index contributed by atoms with van der Waals surface area (Å²) in [5, 5.41) is 7.31. The van der Waals surface area contributed by atoms with Crippen molar-refractivity contribution in [3.8, 4) is 0 Å². The zero-order valence-electron chi connectivity index (χ0n) is 13.8. The van der Waals surface area contributed by atoms with E-state index in [0.29, 0.717) is 5.13 Å². The molecule has 0 bridgehead atoms. The van der Waals surface area contributed by atoms with E-state index >= 15 is 0 Å². The van der Waals surface area contributed by atoms with Gasteiger partial charge in [-0.2, -0.15) is 0 Å². The molecule has 0 radical (unpaired) electrons. The topological polar surface area (TPSA) is 76.0 Å². The SMILES string of the molecule is CC(=O)Nc1cccc2c1ccn2CC(=O)Nc1nc2c(s1)CCC2. The third kappa shape index (κ3) is 3.15. The van der Waals surface area contributed by atoms with Crippen LogP contribution in [0.15, 0.2) is 30.5 Å². The number of nitrogens with zero attached hydrogens (tertiary/aromatic N) is 2. The molecule has 1 aliphatic carbocycles. The number of carbonyl (C=O) groups excluding carboxylic acids is 2. The van der Waals surface area contributed by atoms with Crippen LogP contribution in [0.25, 0.3) is 10.9 Å². The van der Waals surface area contributed by atoms with Gasteiger partial charge in [0.1, 0.15) is 6.54 Å². The molecule has 2 heterocycles. The van der Waals surface area contributed by atoms with Gasteiger partial charge in [0.25, 0.3) is 0 Å². The van der Waals surface area contributed by atoms with Crippen molar-refractivity contribution in [2.75, 3.05) is 10.6 Å². The lowest BCUT2D eigenvalue weighted by Gasteiger charge is -2.07. The van der Waals surface area contributed by atoms with Crippen LogP contribution in [0.3, 0.4) is 0 Å². The highest BCUT2D eigenvalue weighted by atomic mass is 32.1. The number of benzene rings is 1. The highest BCUT2D eigenvalue weighted by Crippen LogP contribution is 2.30. The number of fused-ring (bicyclic) bond motifs is 2. The maximum Gasteiger partial charge on any atom is 0.246 e. The average Bonchev–Trinajstić information content (AvgIpc) is 3.22. The van der Waals surface area contributed by atoms with E-state index in [2.05, 4.69) is 15.6 Å². The van der Waals surface area contributed by atoms with Crippen LogP contribution >= 0.6 is 11.3 Å². The fourth-order valence-corrected chi connectivity index (χ4v) is 4.28. The largest absolute Gasteiger partial charge is 0.338 e. The van der Waals surface area contributed by atoms with E-state index < -0.39 is 0 Å². The van der Waals surface area contributed by atoms with Crippen molar-refractivity contribution in [1.82, 2.24) is 9.55 Å². The van der Waals surface area contributed by atoms with E-state index in [4.69, 9.17) is 0 Å². The van der Waals surface area contributed by atoms with Crippen LogP contribution in [0.4, 0.5) is 10.8 Å². The first-order valence-corrected chi connectivity index (χ1v) is 9.05. The molecule has 1 aromatic carbocycles. The van der Waals surface area contributed by atoms with Gasteiger partial charge in [-0.15, -0.1) is 11.3 Å². The van der Waals surface area contributed by atoms with E-state index in [-0.39, 0.29) is 18.4 Å². The Kier molecular flexibility index (Phi) is 4.01. The molecule has 0 atom stereocenters. The van der Waals surface area contributed by atoms with Gasteiger partial charge >= 0.3 is 0 Å². The number of aromatic nitrogens is 2. The molecule has 128 valence electrons. The number of aryl methyl sites for hydroxylation is 2. The summed E-state index contributed by atoms with van der Waals surface area (Å²) < 4.78 is 1.87. The number of carbonyl (C=O) groups is 2. The molecule has 6 nitrogen and oxygen atoms in total. The summed E-state index contributed by atoms with van der Waals surface area (Å²) >= 11 is 1.58. The highest BCUT2D eigenvalue weighted by molar-refractivity contribution is 7.15. The number of hydrogen-bond donors (Lipinski definition) is 2. The zero-order chi connectivity index (χ0) is 17.4. The average molecular weight is 354 g/mol. The van der Waals surface area contributed by atoms with Crippen LogP contribution in [-0.4, -0.2) is 21.4 Å². The Balaban J connectivity index is 1.51. The smallest absolute Gasteiger partial charge is 0.246 e. The Morgan fingerprint density at radius 3 is 2.92 bits per heavy atom. The Labute approximate surface area is 148 Å². The zero-order valence-corrected chi connectivity index (χ0v) is 14.7. The molecule has 0 unspecified atom stereocenters. The minimum absolute atomic E-state index is 0.102. The number of anilines is 2. The summed E-state index contributed by atoms with van der Waals surface area (Å²) in [6.07, 6.45) is 5.10. The number of rotatable bonds is 4. The molecule has 4 rings (SSSR count). The van der Waals surface area contributed by atoms with Crippen LogP contribution in [0, 0.1) is 0 Å². The second-order valence-electron chi connectivity index (χ2n) is 6.15. The molecule has 0 spiro atoms. The van der Waals surface area contributed by atoms with Crippen molar-refractivity contribution in [3.63, 3.8) is 0 Å². The van der Waals surface area contributed by atoms with Crippen LogP contribution in [0.5, 0.6) is 0 Å². The first kappa shape index (κ1) is 15.8. The molecule has 2 N–H and O–H groups in total. The van der Waals surface area contributed by atoms with Crippen molar-refractivity contribution >= 4 is 44.9 Å². The third-order valence-electron chi connectivity index (χ3n) is 4.28. The first-order chi connectivity index (χ1) is 12.1. The molecule has 25 heavy (non-hydrogen) atoms. The number of hydrogen-bond acceptors (Lipinski definition) is 4. The van der Waals surface area contributed by atoms with E-state index in [1.807, 2.05) is 35.0 Å². The normalized spacial score (nSPS) is 13.0. The summed E-state index contributed by atoms with van der Waals surface area (Å²) in [7, 11) is 0. The van der Waals surface area contributed by atoms with Gasteiger partial charge in [0.15, 0.2) is 5.13 Å². The molecule has 7 heteroatoms. The molecule has 1 aliphatic rings. The summed E-state index contributed by atoms with van der Waals surface area (Å²) in [6.45, 7) is 1.69. The molecule has 2 aromatic heterocycles. The maximum atomic E-state index is 12.4. The predicted molar refractivity (Wildman–Crippen MR) is 99.0 cm³/mol. The van der Waals surface area contributed by atoms with Gasteiger partial charge in [-0.25, -0.2) is 4.98 Å². The van der Waals surface area contributed by atoms with Crippen LogP contribution in [0.2, 0.25) is 0 Å². The van der Waals surface area contributed by atoms with Crippen LogP contribution < -0.4 is 10.6 Å². The predicted octanol–water partition coefficient (Wildman–Crippen LogP) is 3.18. The van der Waals surface area contributed by atoms with Crippen molar-refractivity contribution in [2.45, 2.75) is 32.7 Å². The lowest BCUT2D eigenvalue weighted by Crippen LogP contribution is -2.18. The summed E-state index contributed by atoms with van der Waals surface area (Å²) in [4.78, 5) is 29.5. The minimum Gasteiger partial charge on any atom is -0.338 e. The molecule has 0 saturated carbocycles. The van der Waals surface area contributed by atoms with Gasteiger partial charge in [-0.3, -0.25) is 9.59 Å². The van der Waals surface area contributed by atoms with Crippen molar-refractivity contribution < 1.29 is 9.59 Å². The quantitative estimate of drug-likeness (QED) is 0.755. The Hall–Kier alpha value is -2.67. The lowest BCUT2D eigenvalue weighted by molar-refractivity contribution is -0.116. The highest BCUT2D eigenvalue weighted by Gasteiger charge is 2.18. The van der Waals surface area contributed by atoms with Crippen molar-refractivity contribution in [2.24, 2.45) is 0 Å². The van der Waals surface area contributed by atoms with Gasteiger partial charge in [-0.05, 0) is 37.5 Å². The molecule has 0 aliphatic heterocycles. The molecule has 0 fully saturated rings. The molecule has 2 amide bonds. The van der Waals surface area contributed by atoms with Crippen LogP contribution in [0.1, 0.15) is 23.9 Å². The number of amides is 2. The van der Waals surface area contributed by atoms with Gasteiger partial charge in [0.05, 0.1) is 16.9 Å². The molecule has 3 aromatic rings. The standard InChI is InChI=1S/C18H18N4O2S/c1-11(23)19-13-4-2-6-15-12(13)8-9-22(15)10-17(24)21-18-20-14-5-3-7-16(14)25-18/h2,4,6,8-9H,3,5,7,10H2,1H3,(H,19,23)(H,20,21,24). The van der Waals surface area contributed by atoms with Gasteiger partial charge < -0.3 is 15.2 Å². The fraction of sp³-hybridized carbons (Fsp3) is 0.278. The first-order valence-electron chi connectivity index (χ1n) is 8.24. The maximum absolute atomic E-state index is 12.4. The van der Waals surface area contributed by atoms with E-state index in [0.717, 1.165) is 41.5 Å². The Morgan fingerprint density at radius 2 is 2.12 bits per heavy atom. The second kappa shape index (κ2) is 6.33. The lowest BCUT2D eigenvalue weighted by atomic mass is 10.2. The molecule has 0 saturated heterocycles. The van der Waals surface area contributed by atoms with E-state index in [1.165, 1.54) is 11.8 Å². The Bertz CT molecular complexity index is 951. The van der Waals surface area contributed by atoms with E-state index in [1.54, 1.807) is 11.3 Å². The van der Waals surface area contributed by atoms with Crippen molar-refractivity contribution in [3.05, 3.63) is 41.0 Å². The van der Waals surface area contributed by atoms with Crippen molar-refractivity contribution in [1.29, 1.82) is 0 Å². The summed E-state index contributed by atoms with van der Waals surface area (Å²) in [5.41, 5.74) is 2.79. The number of thiazole rings is 1. The van der Waals surface area contributed by atoms with Gasteiger partial charge in [0, 0.05) is 23.4 Å². The monoisotopic (exact) mass is 354 g/mol.